The molecule has 0 fully saturated rings. The molecule has 1 N–H and O–H groups in total. The molecule has 5 nitrogen and oxygen atoms in total. The van der Waals surface area contributed by atoms with Crippen molar-refractivity contribution < 1.29 is 13.9 Å². The Balaban J connectivity index is 1.33. The van der Waals surface area contributed by atoms with E-state index in [0.717, 1.165) is 31.6 Å². The van der Waals surface area contributed by atoms with Crippen LogP contribution in [0.15, 0.2) is 52.2 Å². The van der Waals surface area contributed by atoms with Gasteiger partial charge in [-0.15, -0.1) is 11.3 Å². The quantitative estimate of drug-likeness (QED) is 0.339. The summed E-state index contributed by atoms with van der Waals surface area (Å²) < 4.78 is 20.3. The van der Waals surface area contributed by atoms with E-state index in [0.29, 0.717) is 17.5 Å². The summed E-state index contributed by atoms with van der Waals surface area (Å²) in [7, 11) is 0. The predicted molar refractivity (Wildman–Crippen MR) is 121 cm³/mol. The molecule has 0 bridgehead atoms. The molecular formula is C21H18FN3O2S3. The van der Waals surface area contributed by atoms with E-state index in [1.807, 2.05) is 30.5 Å². The second-order valence-electron chi connectivity index (χ2n) is 6.33. The number of benzene rings is 2. The molecule has 2 heterocycles. The fourth-order valence-corrected chi connectivity index (χ4v) is 5.42. The number of thioether (sulfide) groups is 1. The summed E-state index contributed by atoms with van der Waals surface area (Å²) in [4.78, 5) is 21.4. The van der Waals surface area contributed by atoms with Gasteiger partial charge >= 0.3 is 0 Å². The molecule has 0 radical (unpaired) electrons. The van der Waals surface area contributed by atoms with Crippen LogP contribution in [0.3, 0.4) is 0 Å². The average molecular weight is 460 g/mol. The molecule has 2 aromatic heterocycles. The molecule has 0 atom stereocenters. The van der Waals surface area contributed by atoms with Gasteiger partial charge in [0.25, 0.3) is 0 Å². The Morgan fingerprint density at radius 1 is 1.20 bits per heavy atom. The molecule has 0 saturated heterocycles. The van der Waals surface area contributed by atoms with Gasteiger partial charge in [0, 0.05) is 11.1 Å². The molecule has 0 spiro atoms. The van der Waals surface area contributed by atoms with Crippen LogP contribution in [0, 0.1) is 5.82 Å². The number of anilines is 1. The topological polar surface area (TPSA) is 64.1 Å². The third kappa shape index (κ3) is 5.35. The van der Waals surface area contributed by atoms with Gasteiger partial charge in [-0.05, 0) is 42.8 Å². The summed E-state index contributed by atoms with van der Waals surface area (Å²) in [6, 6.07) is 12.1. The molecule has 4 aromatic rings. The second-order valence-corrected chi connectivity index (χ2v) is 9.44. The Kier molecular flexibility index (Phi) is 6.61. The summed E-state index contributed by atoms with van der Waals surface area (Å²) in [5, 5.41) is 5.30. The third-order valence-electron chi connectivity index (χ3n) is 4.07. The molecular weight excluding hydrogens is 441 g/mol. The van der Waals surface area contributed by atoms with Gasteiger partial charge in [-0.2, -0.15) is 0 Å². The molecule has 2 aromatic carbocycles. The van der Waals surface area contributed by atoms with Crippen molar-refractivity contribution in [1.82, 2.24) is 9.97 Å². The fourth-order valence-electron chi connectivity index (χ4n) is 2.70. The summed E-state index contributed by atoms with van der Waals surface area (Å²) in [6.45, 7) is 2.54. The van der Waals surface area contributed by atoms with Gasteiger partial charge in [0.2, 0.25) is 5.91 Å². The van der Waals surface area contributed by atoms with Crippen LogP contribution in [0.1, 0.15) is 18.2 Å². The van der Waals surface area contributed by atoms with Gasteiger partial charge in [-0.1, -0.05) is 35.2 Å². The van der Waals surface area contributed by atoms with Gasteiger partial charge in [0.15, 0.2) is 5.13 Å². The molecule has 0 saturated carbocycles. The van der Waals surface area contributed by atoms with Crippen LogP contribution in [0.25, 0.3) is 10.2 Å². The molecule has 9 heteroatoms. The van der Waals surface area contributed by atoms with E-state index in [4.69, 9.17) is 4.74 Å². The zero-order valence-electron chi connectivity index (χ0n) is 16.1. The number of hydrogen-bond donors (Lipinski definition) is 1. The zero-order valence-corrected chi connectivity index (χ0v) is 18.5. The minimum Gasteiger partial charge on any atom is -0.494 e. The van der Waals surface area contributed by atoms with Crippen LogP contribution in [0.5, 0.6) is 5.75 Å². The number of carbonyl (C=O) groups is 1. The summed E-state index contributed by atoms with van der Waals surface area (Å²) in [6.07, 6.45) is 0.188. The summed E-state index contributed by atoms with van der Waals surface area (Å²) in [5.41, 5.74) is 2.57. The van der Waals surface area contributed by atoms with Gasteiger partial charge in [-0.25, -0.2) is 14.4 Å². The Morgan fingerprint density at radius 3 is 2.83 bits per heavy atom. The first kappa shape index (κ1) is 20.8. The number of halogens is 1. The van der Waals surface area contributed by atoms with E-state index in [1.165, 1.54) is 34.8 Å². The highest BCUT2D eigenvalue weighted by Gasteiger charge is 2.12. The highest BCUT2D eigenvalue weighted by atomic mass is 32.2. The van der Waals surface area contributed by atoms with Gasteiger partial charge < -0.3 is 10.1 Å². The van der Waals surface area contributed by atoms with Crippen molar-refractivity contribution >= 4 is 55.7 Å². The van der Waals surface area contributed by atoms with Crippen molar-refractivity contribution in [2.45, 2.75) is 23.4 Å². The van der Waals surface area contributed by atoms with E-state index in [2.05, 4.69) is 15.3 Å². The van der Waals surface area contributed by atoms with E-state index < -0.39 is 0 Å². The summed E-state index contributed by atoms with van der Waals surface area (Å²) >= 11 is 4.49. The Morgan fingerprint density at radius 2 is 2.03 bits per heavy atom. The van der Waals surface area contributed by atoms with E-state index >= 15 is 0 Å². The third-order valence-corrected chi connectivity index (χ3v) is 7.14. The largest absolute Gasteiger partial charge is 0.494 e. The fraction of sp³-hybridized carbons (Fsp3) is 0.190. The first-order valence-electron chi connectivity index (χ1n) is 9.24. The van der Waals surface area contributed by atoms with Crippen molar-refractivity contribution in [2.24, 2.45) is 0 Å². The van der Waals surface area contributed by atoms with E-state index in [1.54, 1.807) is 23.9 Å². The van der Waals surface area contributed by atoms with Gasteiger partial charge in [-0.3, -0.25) is 4.79 Å². The number of thiazole rings is 2. The van der Waals surface area contributed by atoms with Crippen molar-refractivity contribution in [2.75, 3.05) is 11.9 Å². The van der Waals surface area contributed by atoms with Crippen LogP contribution >= 0.6 is 34.4 Å². The minimum atomic E-state index is -0.242. The molecule has 4 rings (SSSR count). The lowest BCUT2D eigenvalue weighted by Crippen LogP contribution is -2.14. The Bertz CT molecular complexity index is 1160. The Hall–Kier alpha value is -2.49. The SMILES string of the molecule is CCOc1ccc2nc(NC(=O)Cc3csc(SCc4ccc(F)cc4)n3)sc2c1. The highest BCUT2D eigenvalue weighted by Crippen LogP contribution is 2.30. The van der Waals surface area contributed by atoms with Crippen molar-refractivity contribution in [3.63, 3.8) is 0 Å². The van der Waals surface area contributed by atoms with Crippen molar-refractivity contribution in [1.29, 1.82) is 0 Å². The molecule has 0 aliphatic carbocycles. The normalized spacial score (nSPS) is 11.0. The minimum absolute atomic E-state index is 0.153. The lowest BCUT2D eigenvalue weighted by Gasteiger charge is -2.00. The van der Waals surface area contributed by atoms with Crippen LogP contribution in [-0.2, 0) is 17.0 Å². The molecule has 154 valence electrons. The number of aromatic nitrogens is 2. The van der Waals surface area contributed by atoms with Crippen molar-refractivity contribution in [3.05, 3.63) is 64.9 Å². The standard InChI is InChI=1S/C21H18FN3O2S3/c1-2-27-16-7-8-17-18(10-16)30-20(24-17)25-19(26)9-15-12-29-21(23-15)28-11-13-3-5-14(22)6-4-13/h3-8,10,12H,2,9,11H2,1H3,(H,24,25,26). The maximum Gasteiger partial charge on any atom is 0.232 e. The highest BCUT2D eigenvalue weighted by molar-refractivity contribution is 8.00. The molecule has 0 aliphatic heterocycles. The number of ether oxygens (including phenoxy) is 1. The average Bonchev–Trinajstić information content (AvgIpc) is 3.33. The van der Waals surface area contributed by atoms with Gasteiger partial charge in [0.1, 0.15) is 15.9 Å². The maximum absolute atomic E-state index is 13.0. The number of nitrogens with zero attached hydrogens (tertiary/aromatic N) is 2. The number of rotatable bonds is 8. The number of fused-ring (bicyclic) bond motifs is 1. The summed E-state index contributed by atoms with van der Waals surface area (Å²) in [5.74, 6) is 1.10. The molecule has 1 amide bonds. The van der Waals surface area contributed by atoms with Crippen LogP contribution < -0.4 is 10.1 Å². The van der Waals surface area contributed by atoms with Crippen LogP contribution in [0.4, 0.5) is 9.52 Å². The number of hydrogen-bond acceptors (Lipinski definition) is 7. The van der Waals surface area contributed by atoms with Crippen molar-refractivity contribution in [3.8, 4) is 5.75 Å². The van der Waals surface area contributed by atoms with E-state index in [9.17, 15) is 9.18 Å². The lowest BCUT2D eigenvalue weighted by molar-refractivity contribution is -0.115. The first-order chi connectivity index (χ1) is 14.6. The number of carbonyl (C=O) groups excluding carboxylic acids is 1. The molecule has 0 unspecified atom stereocenters. The van der Waals surface area contributed by atoms with Crippen LogP contribution in [0.2, 0.25) is 0 Å². The van der Waals surface area contributed by atoms with Gasteiger partial charge in [0.05, 0.1) is 28.9 Å². The monoisotopic (exact) mass is 459 g/mol. The Labute approximate surface area is 185 Å². The predicted octanol–water partition coefficient (Wildman–Crippen LogP) is 5.76. The lowest BCUT2D eigenvalue weighted by atomic mass is 10.2. The zero-order chi connectivity index (χ0) is 20.9. The molecule has 30 heavy (non-hydrogen) atoms. The molecule has 0 aliphatic rings. The number of amides is 1. The number of nitrogens with one attached hydrogen (secondary N) is 1. The smallest absolute Gasteiger partial charge is 0.232 e. The maximum atomic E-state index is 13.0. The second kappa shape index (κ2) is 9.55. The van der Waals surface area contributed by atoms with E-state index in [-0.39, 0.29) is 18.1 Å². The first-order valence-corrected chi connectivity index (χ1v) is 11.9. The van der Waals surface area contributed by atoms with Crippen LogP contribution in [-0.4, -0.2) is 22.5 Å².